The molecule has 134 valence electrons. The van der Waals surface area contributed by atoms with Crippen molar-refractivity contribution in [2.45, 2.75) is 17.9 Å². The van der Waals surface area contributed by atoms with Crippen LogP contribution in [0.15, 0.2) is 42.5 Å². The Bertz CT molecular complexity index is 988. The second-order valence-corrected chi connectivity index (χ2v) is 6.89. The summed E-state index contributed by atoms with van der Waals surface area (Å²) in [4.78, 5) is 26.0. The maximum atomic E-state index is 13.3. The maximum absolute atomic E-state index is 13.3. The number of carbonyl (C=O) groups is 1. The minimum Gasteiger partial charge on any atom is -0.480 e. The molecule has 0 aliphatic rings. The van der Waals surface area contributed by atoms with Crippen LogP contribution in [-0.4, -0.2) is 30.8 Å². The van der Waals surface area contributed by atoms with Crippen molar-refractivity contribution in [2.75, 3.05) is 0 Å². The third kappa shape index (κ3) is 3.52. The number of aliphatic carboxylic acids is 1. The number of nitro benzene ring substituents is 1. The van der Waals surface area contributed by atoms with Crippen molar-refractivity contribution in [1.82, 2.24) is 9.55 Å². The SMILES string of the molecule is C[C@H](SCc1nc2cc([N+](=O)[O-])ccc2n1-c1ccc(F)cc1)C(=O)O. The highest BCUT2D eigenvalue weighted by Gasteiger charge is 2.18. The van der Waals surface area contributed by atoms with E-state index < -0.39 is 16.1 Å². The molecule has 3 aromatic rings. The third-order valence-electron chi connectivity index (χ3n) is 3.81. The lowest BCUT2D eigenvalue weighted by atomic mass is 10.2. The van der Waals surface area contributed by atoms with Gasteiger partial charge in [0.25, 0.3) is 5.69 Å². The van der Waals surface area contributed by atoms with Gasteiger partial charge >= 0.3 is 5.97 Å². The predicted molar refractivity (Wildman–Crippen MR) is 96.1 cm³/mol. The van der Waals surface area contributed by atoms with Crippen molar-refractivity contribution in [2.24, 2.45) is 0 Å². The number of non-ortho nitro benzene ring substituents is 1. The Labute approximate surface area is 151 Å². The summed E-state index contributed by atoms with van der Waals surface area (Å²) in [5, 5.41) is 19.4. The molecular formula is C17H14FN3O4S. The number of benzene rings is 2. The number of thioether (sulfide) groups is 1. The van der Waals surface area contributed by atoms with Crippen molar-refractivity contribution in [3.63, 3.8) is 0 Å². The molecule has 0 unspecified atom stereocenters. The maximum Gasteiger partial charge on any atom is 0.316 e. The Morgan fingerprint density at radius 2 is 2.04 bits per heavy atom. The van der Waals surface area contributed by atoms with Crippen molar-refractivity contribution in [1.29, 1.82) is 0 Å². The summed E-state index contributed by atoms with van der Waals surface area (Å²) in [7, 11) is 0. The molecule has 1 aromatic heterocycles. The van der Waals surface area contributed by atoms with Gasteiger partial charge in [0.2, 0.25) is 0 Å². The van der Waals surface area contributed by atoms with Gasteiger partial charge in [0.15, 0.2) is 0 Å². The van der Waals surface area contributed by atoms with Gasteiger partial charge in [-0.05, 0) is 37.3 Å². The number of halogens is 1. The first-order valence-corrected chi connectivity index (χ1v) is 8.68. The van der Waals surface area contributed by atoms with Crippen LogP contribution in [0.4, 0.5) is 10.1 Å². The number of hydrogen-bond donors (Lipinski definition) is 1. The lowest BCUT2D eigenvalue weighted by Crippen LogP contribution is -2.12. The van der Waals surface area contributed by atoms with Gasteiger partial charge < -0.3 is 5.11 Å². The largest absolute Gasteiger partial charge is 0.480 e. The zero-order chi connectivity index (χ0) is 18.8. The smallest absolute Gasteiger partial charge is 0.316 e. The summed E-state index contributed by atoms with van der Waals surface area (Å²) in [5.41, 5.74) is 1.60. The summed E-state index contributed by atoms with van der Waals surface area (Å²) in [5.74, 6) is -0.502. The van der Waals surface area contributed by atoms with Gasteiger partial charge in [0.05, 0.1) is 27.0 Å². The second kappa shape index (κ2) is 7.12. The van der Waals surface area contributed by atoms with Gasteiger partial charge in [0.1, 0.15) is 11.6 Å². The number of carboxylic acids is 1. The quantitative estimate of drug-likeness (QED) is 0.520. The number of aromatic nitrogens is 2. The lowest BCUT2D eigenvalue weighted by Gasteiger charge is -2.10. The fourth-order valence-electron chi connectivity index (χ4n) is 2.48. The molecule has 0 bridgehead atoms. The molecule has 0 radical (unpaired) electrons. The topological polar surface area (TPSA) is 98.3 Å². The first-order chi connectivity index (χ1) is 12.4. The fraction of sp³-hybridized carbons (Fsp3) is 0.176. The van der Waals surface area contributed by atoms with Crippen LogP contribution < -0.4 is 0 Å². The van der Waals surface area contributed by atoms with Crippen molar-refractivity contribution < 1.29 is 19.2 Å². The van der Waals surface area contributed by atoms with Crippen molar-refractivity contribution in [3.8, 4) is 5.69 Å². The van der Waals surface area contributed by atoms with Gasteiger partial charge in [-0.2, -0.15) is 0 Å². The van der Waals surface area contributed by atoms with Crippen molar-refractivity contribution >= 4 is 34.5 Å². The van der Waals surface area contributed by atoms with Crippen LogP contribution >= 0.6 is 11.8 Å². The van der Waals surface area contributed by atoms with Crippen LogP contribution in [0.3, 0.4) is 0 Å². The number of hydrogen-bond acceptors (Lipinski definition) is 5. The molecule has 0 spiro atoms. The molecular weight excluding hydrogens is 361 g/mol. The molecule has 0 fully saturated rings. The molecule has 0 aliphatic heterocycles. The number of carboxylic acid groups (broad SMARTS) is 1. The zero-order valence-corrected chi connectivity index (χ0v) is 14.4. The van der Waals surface area contributed by atoms with E-state index in [1.807, 2.05) is 0 Å². The molecule has 26 heavy (non-hydrogen) atoms. The van der Waals surface area contributed by atoms with E-state index in [2.05, 4.69) is 4.98 Å². The zero-order valence-electron chi connectivity index (χ0n) is 13.6. The van der Waals surface area contributed by atoms with Crippen LogP contribution in [0.1, 0.15) is 12.7 Å². The minimum absolute atomic E-state index is 0.0839. The normalized spacial score (nSPS) is 12.2. The molecule has 0 amide bonds. The third-order valence-corrected chi connectivity index (χ3v) is 4.94. The highest BCUT2D eigenvalue weighted by Crippen LogP contribution is 2.28. The second-order valence-electron chi connectivity index (χ2n) is 5.56. The molecule has 1 atom stereocenters. The molecule has 0 saturated carbocycles. The fourth-order valence-corrected chi connectivity index (χ4v) is 3.21. The molecule has 0 aliphatic carbocycles. The van der Waals surface area contributed by atoms with Gasteiger partial charge in [-0.3, -0.25) is 19.5 Å². The van der Waals surface area contributed by atoms with Crippen LogP contribution in [0.2, 0.25) is 0 Å². The van der Waals surface area contributed by atoms with E-state index in [1.165, 1.54) is 36.0 Å². The molecule has 1 N–H and O–H groups in total. The molecule has 7 nitrogen and oxygen atoms in total. The van der Waals surface area contributed by atoms with Gasteiger partial charge in [-0.1, -0.05) is 0 Å². The first-order valence-electron chi connectivity index (χ1n) is 7.63. The van der Waals surface area contributed by atoms with Crippen molar-refractivity contribution in [3.05, 3.63) is 64.2 Å². The summed E-state index contributed by atoms with van der Waals surface area (Å²) in [6.07, 6.45) is 0. The Kier molecular flexibility index (Phi) is 4.90. The highest BCUT2D eigenvalue weighted by molar-refractivity contribution is 7.99. The summed E-state index contributed by atoms with van der Waals surface area (Å²) < 4.78 is 15.0. The molecule has 1 heterocycles. The van der Waals surface area contributed by atoms with Crippen LogP contribution in [-0.2, 0) is 10.5 Å². The highest BCUT2D eigenvalue weighted by atomic mass is 32.2. The number of fused-ring (bicyclic) bond motifs is 1. The van der Waals surface area contributed by atoms with Gasteiger partial charge in [-0.15, -0.1) is 11.8 Å². The minimum atomic E-state index is -0.935. The Morgan fingerprint density at radius 1 is 1.35 bits per heavy atom. The average molecular weight is 375 g/mol. The lowest BCUT2D eigenvalue weighted by molar-refractivity contribution is -0.384. The van der Waals surface area contributed by atoms with E-state index in [1.54, 1.807) is 29.7 Å². The van der Waals surface area contributed by atoms with E-state index >= 15 is 0 Å². The monoisotopic (exact) mass is 375 g/mol. The standard InChI is InChI=1S/C17H14FN3O4S/c1-10(17(22)23)26-9-16-19-14-8-13(21(24)25)6-7-15(14)20(16)12-4-2-11(18)3-5-12/h2-8,10H,9H2,1H3,(H,22,23)/t10-/m0/s1. The summed E-state index contributed by atoms with van der Waals surface area (Å²) in [6.45, 7) is 1.57. The van der Waals surface area contributed by atoms with Crippen LogP contribution in [0, 0.1) is 15.9 Å². The first kappa shape index (κ1) is 17.9. The van der Waals surface area contributed by atoms with Gasteiger partial charge in [-0.25, -0.2) is 9.37 Å². The Hall–Kier alpha value is -2.94. The number of nitrogens with zero attached hydrogens (tertiary/aromatic N) is 3. The molecule has 2 aromatic carbocycles. The van der Waals surface area contributed by atoms with Crippen LogP contribution in [0.5, 0.6) is 0 Å². The van der Waals surface area contributed by atoms with E-state index in [4.69, 9.17) is 5.11 Å². The molecule has 0 saturated heterocycles. The predicted octanol–water partition coefficient (Wildman–Crippen LogP) is 3.78. The summed E-state index contributed by atoms with van der Waals surface area (Å²) >= 11 is 1.18. The number of nitro groups is 1. The Balaban J connectivity index is 2.10. The Morgan fingerprint density at radius 3 is 2.65 bits per heavy atom. The van der Waals surface area contributed by atoms with Crippen LogP contribution in [0.25, 0.3) is 16.7 Å². The number of rotatable bonds is 6. The van der Waals surface area contributed by atoms with E-state index in [9.17, 15) is 19.3 Å². The van der Waals surface area contributed by atoms with E-state index in [-0.39, 0.29) is 17.3 Å². The summed E-state index contributed by atoms with van der Waals surface area (Å²) in [6, 6.07) is 10.1. The van der Waals surface area contributed by atoms with E-state index in [0.29, 0.717) is 22.5 Å². The van der Waals surface area contributed by atoms with E-state index in [0.717, 1.165) is 0 Å². The van der Waals surface area contributed by atoms with Gasteiger partial charge in [0, 0.05) is 17.8 Å². The average Bonchev–Trinajstić information content (AvgIpc) is 2.97. The molecule has 9 heteroatoms. The molecule has 3 rings (SSSR count). The number of imidazole rings is 1.